The van der Waals surface area contributed by atoms with Crippen molar-refractivity contribution in [1.82, 2.24) is 4.90 Å². The van der Waals surface area contributed by atoms with Crippen LogP contribution in [0.15, 0.2) is 78.9 Å². The Labute approximate surface area is 210 Å². The van der Waals surface area contributed by atoms with Gasteiger partial charge in [0.1, 0.15) is 11.5 Å². The molecule has 2 aliphatic heterocycles. The highest BCUT2D eigenvalue weighted by Gasteiger charge is 2.33. The second kappa shape index (κ2) is 13.3. The van der Waals surface area contributed by atoms with Crippen LogP contribution in [-0.2, 0) is 0 Å². The fraction of sp³-hybridized carbons (Fsp3) is 0.419. The number of ether oxygens (including phenoxy) is 2. The predicted molar refractivity (Wildman–Crippen MR) is 143 cm³/mol. The third kappa shape index (κ3) is 6.65. The van der Waals surface area contributed by atoms with Crippen LogP contribution in [0.3, 0.4) is 0 Å². The van der Waals surface area contributed by atoms with Gasteiger partial charge in [-0.2, -0.15) is 0 Å². The van der Waals surface area contributed by atoms with Crippen molar-refractivity contribution in [2.45, 2.75) is 43.9 Å². The number of para-hydroxylation sites is 1. The molecule has 2 unspecified atom stereocenters. The first kappa shape index (κ1) is 25.3. The Morgan fingerprint density at radius 3 is 2.23 bits per heavy atom. The van der Waals surface area contributed by atoms with Crippen LogP contribution < -0.4 is 9.47 Å². The number of aliphatic hydroxyl groups excluding tert-OH is 1. The smallest absolute Gasteiger partial charge is 0.123 e. The summed E-state index contributed by atoms with van der Waals surface area (Å²) in [4.78, 5) is 2.60. The van der Waals surface area contributed by atoms with Crippen LogP contribution in [0, 0.1) is 0 Å². The lowest BCUT2D eigenvalue weighted by Crippen LogP contribution is -2.26. The topological polar surface area (TPSA) is 41.9 Å². The van der Waals surface area contributed by atoms with Crippen molar-refractivity contribution in [2.24, 2.45) is 0 Å². The lowest BCUT2D eigenvalue weighted by atomic mass is 9.76. The minimum atomic E-state index is 0.273. The van der Waals surface area contributed by atoms with Gasteiger partial charge in [0.25, 0.3) is 0 Å². The van der Waals surface area contributed by atoms with Crippen LogP contribution in [0.2, 0.25) is 0 Å². The monoisotopic (exact) mass is 473 g/mol. The molecule has 3 aromatic rings. The highest BCUT2D eigenvalue weighted by atomic mass is 16.5. The Morgan fingerprint density at radius 2 is 1.49 bits per heavy atom. The van der Waals surface area contributed by atoms with Crippen molar-refractivity contribution in [3.8, 4) is 11.5 Å². The number of nitrogens with zero attached hydrogens (tertiary/aromatic N) is 1. The van der Waals surface area contributed by atoms with Gasteiger partial charge < -0.3 is 19.5 Å². The molecule has 5 rings (SSSR count). The first-order valence-corrected chi connectivity index (χ1v) is 13.0. The van der Waals surface area contributed by atoms with Crippen LogP contribution >= 0.6 is 0 Å². The summed E-state index contributed by atoms with van der Waals surface area (Å²) in [5.74, 6) is 2.53. The molecule has 0 bridgehead atoms. The molecule has 4 nitrogen and oxygen atoms in total. The Hall–Kier alpha value is -2.82. The molecule has 2 aliphatic rings. The molecule has 1 fully saturated rings. The van der Waals surface area contributed by atoms with Gasteiger partial charge in [0.15, 0.2) is 0 Å². The predicted octanol–water partition coefficient (Wildman–Crippen LogP) is 6.25. The summed E-state index contributed by atoms with van der Waals surface area (Å²) >= 11 is 0. The Kier molecular flexibility index (Phi) is 9.62. The van der Waals surface area contributed by atoms with Gasteiger partial charge in [0, 0.05) is 31.1 Å². The number of aliphatic hydroxyl groups is 1. The largest absolute Gasteiger partial charge is 0.494 e. The normalized spacial score (nSPS) is 19.9. The molecular weight excluding hydrogens is 434 g/mol. The van der Waals surface area contributed by atoms with Gasteiger partial charge in [0.2, 0.25) is 0 Å². The minimum absolute atomic E-state index is 0.273. The molecular formula is C31H39NO3. The zero-order chi connectivity index (χ0) is 24.3. The first-order valence-electron chi connectivity index (χ1n) is 13.0. The quantitative estimate of drug-likeness (QED) is 0.412. The van der Waals surface area contributed by atoms with Crippen molar-refractivity contribution in [3.63, 3.8) is 0 Å². The lowest BCUT2D eigenvalue weighted by Gasteiger charge is -2.34. The summed E-state index contributed by atoms with van der Waals surface area (Å²) in [5, 5.41) is 7.00. The van der Waals surface area contributed by atoms with Gasteiger partial charge in [-0.15, -0.1) is 0 Å². The van der Waals surface area contributed by atoms with Crippen LogP contribution in [-0.4, -0.2) is 50.0 Å². The van der Waals surface area contributed by atoms with E-state index < -0.39 is 0 Å². The van der Waals surface area contributed by atoms with Crippen LogP contribution in [0.4, 0.5) is 0 Å². The van der Waals surface area contributed by atoms with E-state index in [1.807, 2.05) is 0 Å². The van der Waals surface area contributed by atoms with Crippen molar-refractivity contribution in [2.75, 3.05) is 40.0 Å². The molecule has 0 aromatic heterocycles. The maximum atomic E-state index is 7.00. The zero-order valence-electron chi connectivity index (χ0n) is 20.9. The van der Waals surface area contributed by atoms with Crippen molar-refractivity contribution in [3.05, 3.63) is 95.6 Å². The van der Waals surface area contributed by atoms with Gasteiger partial charge in [-0.25, -0.2) is 0 Å². The molecule has 4 heteroatoms. The Balaban J connectivity index is 0.00000141. The minimum Gasteiger partial charge on any atom is -0.494 e. The van der Waals surface area contributed by atoms with Gasteiger partial charge in [0.05, 0.1) is 13.2 Å². The highest BCUT2D eigenvalue weighted by Crippen LogP contribution is 2.46. The number of hydrogen-bond donors (Lipinski definition) is 1. The fourth-order valence-electron chi connectivity index (χ4n) is 5.37. The summed E-state index contributed by atoms with van der Waals surface area (Å²) in [6, 6.07) is 28.0. The van der Waals surface area contributed by atoms with Gasteiger partial charge in [-0.3, -0.25) is 0 Å². The second-order valence-electron chi connectivity index (χ2n) is 9.37. The number of benzene rings is 3. The van der Waals surface area contributed by atoms with Gasteiger partial charge in [-0.1, -0.05) is 73.5 Å². The number of rotatable bonds is 7. The molecule has 1 saturated heterocycles. The van der Waals surface area contributed by atoms with E-state index in [9.17, 15) is 0 Å². The van der Waals surface area contributed by atoms with E-state index in [0.29, 0.717) is 12.5 Å². The molecule has 1 N–H and O–H groups in total. The molecule has 35 heavy (non-hydrogen) atoms. The lowest BCUT2D eigenvalue weighted by molar-refractivity contribution is 0.239. The zero-order valence-corrected chi connectivity index (χ0v) is 20.9. The Bertz CT molecular complexity index is 997. The van der Waals surface area contributed by atoms with E-state index in [4.69, 9.17) is 14.6 Å². The van der Waals surface area contributed by atoms with Gasteiger partial charge in [-0.05, 0) is 61.7 Å². The van der Waals surface area contributed by atoms with Crippen LogP contribution in [0.1, 0.15) is 60.6 Å². The number of hydrogen-bond acceptors (Lipinski definition) is 4. The average Bonchev–Trinajstić information content (AvgIpc) is 3.21. The standard InChI is InChI=1S/C30H35NO2.CH4O/c1-2-9-20-31(19-8-1)21-10-22-32-26-17-15-25(16-18-26)30-27-13-6-7-14-29(27)33-23-28(30)24-11-4-3-5-12-24;1-2/h3-7,11-18,28,30H,1-2,8-10,19-23H2;2H,1H3. The fourth-order valence-corrected chi connectivity index (χ4v) is 5.37. The summed E-state index contributed by atoms with van der Waals surface area (Å²) in [6.45, 7) is 5.13. The molecule has 0 amide bonds. The Morgan fingerprint density at radius 1 is 0.800 bits per heavy atom. The molecule has 0 spiro atoms. The van der Waals surface area contributed by atoms with Crippen LogP contribution in [0.5, 0.6) is 11.5 Å². The van der Waals surface area contributed by atoms with E-state index in [1.54, 1.807) is 0 Å². The third-order valence-electron chi connectivity index (χ3n) is 7.13. The molecule has 2 heterocycles. The van der Waals surface area contributed by atoms with E-state index in [0.717, 1.165) is 38.2 Å². The molecule has 3 aromatic carbocycles. The van der Waals surface area contributed by atoms with Gasteiger partial charge >= 0.3 is 0 Å². The first-order chi connectivity index (χ1) is 17.4. The number of fused-ring (bicyclic) bond motifs is 1. The van der Waals surface area contributed by atoms with E-state index in [1.165, 1.54) is 55.5 Å². The third-order valence-corrected chi connectivity index (χ3v) is 7.13. The van der Waals surface area contributed by atoms with Crippen molar-refractivity contribution >= 4 is 0 Å². The molecule has 2 atom stereocenters. The maximum absolute atomic E-state index is 7.00. The average molecular weight is 474 g/mol. The summed E-state index contributed by atoms with van der Waals surface area (Å²) in [5.41, 5.74) is 3.91. The van der Waals surface area contributed by atoms with E-state index in [-0.39, 0.29) is 5.92 Å². The van der Waals surface area contributed by atoms with Crippen molar-refractivity contribution < 1.29 is 14.6 Å². The van der Waals surface area contributed by atoms with E-state index in [2.05, 4.69) is 83.8 Å². The maximum Gasteiger partial charge on any atom is 0.123 e. The summed E-state index contributed by atoms with van der Waals surface area (Å²) < 4.78 is 12.3. The molecule has 186 valence electrons. The molecule has 0 saturated carbocycles. The highest BCUT2D eigenvalue weighted by molar-refractivity contribution is 5.48. The second-order valence-corrected chi connectivity index (χ2v) is 9.37. The van der Waals surface area contributed by atoms with E-state index >= 15 is 0 Å². The molecule has 0 aliphatic carbocycles. The summed E-state index contributed by atoms with van der Waals surface area (Å²) in [6.07, 6.45) is 6.57. The number of likely N-dealkylation sites (tertiary alicyclic amines) is 1. The SMILES string of the molecule is CO.c1ccc(C2COc3ccccc3C2c2ccc(OCCCN3CCCCCC3)cc2)cc1. The van der Waals surface area contributed by atoms with Crippen molar-refractivity contribution in [1.29, 1.82) is 0 Å². The van der Waals surface area contributed by atoms with Crippen LogP contribution in [0.25, 0.3) is 0 Å². The summed E-state index contributed by atoms with van der Waals surface area (Å²) in [7, 11) is 1.00. The molecule has 0 radical (unpaired) electrons.